The van der Waals surface area contributed by atoms with Crippen LogP contribution >= 0.6 is 0 Å². The monoisotopic (exact) mass is 329 g/mol. The molecule has 4 heteroatoms. The summed E-state index contributed by atoms with van der Waals surface area (Å²) in [5, 5.41) is 3.14. The zero-order valence-corrected chi connectivity index (χ0v) is 15.0. The molecule has 0 spiro atoms. The molecule has 0 aliphatic heterocycles. The highest BCUT2D eigenvalue weighted by atomic mass is 16.5. The molecule has 0 fully saturated rings. The van der Waals surface area contributed by atoms with E-state index < -0.39 is 0 Å². The van der Waals surface area contributed by atoms with Gasteiger partial charge < -0.3 is 19.5 Å². The lowest BCUT2D eigenvalue weighted by Gasteiger charge is -2.14. The Kier molecular flexibility index (Phi) is 6.94. The molecule has 0 atom stereocenters. The Bertz CT molecular complexity index is 623. The van der Waals surface area contributed by atoms with Crippen LogP contribution in [0.5, 0.6) is 17.2 Å². The fourth-order valence-electron chi connectivity index (χ4n) is 2.39. The van der Waals surface area contributed by atoms with Gasteiger partial charge in [0.15, 0.2) is 0 Å². The standard InChI is InChI=1S/C20H27NO3/c1-15(2)16-5-8-18(9-6-16)23-11-12-24-20-13-19(22-4)10-7-17(20)14-21-3/h5-10,13,15,21H,11-12,14H2,1-4H3. The van der Waals surface area contributed by atoms with Gasteiger partial charge in [-0.2, -0.15) is 0 Å². The summed E-state index contributed by atoms with van der Waals surface area (Å²) >= 11 is 0. The summed E-state index contributed by atoms with van der Waals surface area (Å²) in [6.07, 6.45) is 0. The summed E-state index contributed by atoms with van der Waals surface area (Å²) in [5.41, 5.74) is 2.41. The molecule has 0 amide bonds. The van der Waals surface area contributed by atoms with Gasteiger partial charge in [0.05, 0.1) is 7.11 Å². The Hall–Kier alpha value is -2.20. The van der Waals surface area contributed by atoms with E-state index in [1.807, 2.05) is 37.4 Å². The first kappa shape index (κ1) is 18.1. The lowest BCUT2D eigenvalue weighted by atomic mass is 10.0. The lowest BCUT2D eigenvalue weighted by Crippen LogP contribution is -2.12. The summed E-state index contributed by atoms with van der Waals surface area (Å²) < 4.78 is 16.9. The third-order valence-electron chi connectivity index (χ3n) is 3.80. The number of methoxy groups -OCH3 is 1. The largest absolute Gasteiger partial charge is 0.497 e. The van der Waals surface area contributed by atoms with Crippen LogP contribution in [0.25, 0.3) is 0 Å². The van der Waals surface area contributed by atoms with E-state index in [4.69, 9.17) is 14.2 Å². The third-order valence-corrected chi connectivity index (χ3v) is 3.80. The van der Waals surface area contributed by atoms with Crippen molar-refractivity contribution >= 4 is 0 Å². The van der Waals surface area contributed by atoms with E-state index in [1.54, 1.807) is 7.11 Å². The Balaban J connectivity index is 1.87. The highest BCUT2D eigenvalue weighted by Gasteiger charge is 2.06. The second kappa shape index (κ2) is 9.18. The average Bonchev–Trinajstić information content (AvgIpc) is 2.60. The molecule has 130 valence electrons. The van der Waals surface area contributed by atoms with Crippen molar-refractivity contribution in [3.63, 3.8) is 0 Å². The number of rotatable bonds is 9. The number of nitrogens with one attached hydrogen (secondary N) is 1. The first-order valence-electron chi connectivity index (χ1n) is 8.31. The quantitative estimate of drug-likeness (QED) is 0.706. The smallest absolute Gasteiger partial charge is 0.127 e. The normalized spacial score (nSPS) is 10.7. The number of benzene rings is 2. The van der Waals surface area contributed by atoms with Crippen LogP contribution in [0, 0.1) is 0 Å². The van der Waals surface area contributed by atoms with E-state index in [0.29, 0.717) is 19.1 Å². The van der Waals surface area contributed by atoms with Crippen LogP contribution in [0.4, 0.5) is 0 Å². The van der Waals surface area contributed by atoms with E-state index in [2.05, 4.69) is 31.3 Å². The molecule has 0 bridgehead atoms. The van der Waals surface area contributed by atoms with E-state index in [0.717, 1.165) is 29.4 Å². The van der Waals surface area contributed by atoms with Crippen molar-refractivity contribution in [2.24, 2.45) is 0 Å². The first-order chi connectivity index (χ1) is 11.6. The van der Waals surface area contributed by atoms with Gasteiger partial charge in [-0.3, -0.25) is 0 Å². The second-order valence-electron chi connectivity index (χ2n) is 5.92. The molecule has 0 saturated carbocycles. The fourth-order valence-corrected chi connectivity index (χ4v) is 2.39. The molecule has 2 rings (SSSR count). The minimum atomic E-state index is 0.482. The molecule has 0 aromatic heterocycles. The minimum absolute atomic E-state index is 0.482. The zero-order chi connectivity index (χ0) is 17.4. The molecule has 0 radical (unpaired) electrons. The predicted octanol–water partition coefficient (Wildman–Crippen LogP) is 4.00. The lowest BCUT2D eigenvalue weighted by molar-refractivity contribution is 0.215. The van der Waals surface area contributed by atoms with Crippen molar-refractivity contribution in [1.29, 1.82) is 0 Å². The van der Waals surface area contributed by atoms with Crippen molar-refractivity contribution in [2.75, 3.05) is 27.4 Å². The molecule has 0 unspecified atom stereocenters. The molecule has 2 aromatic carbocycles. The van der Waals surface area contributed by atoms with Crippen molar-refractivity contribution < 1.29 is 14.2 Å². The van der Waals surface area contributed by atoms with Crippen LogP contribution in [0.1, 0.15) is 30.9 Å². The molecule has 4 nitrogen and oxygen atoms in total. The molecule has 0 aliphatic carbocycles. The van der Waals surface area contributed by atoms with Gasteiger partial charge in [0, 0.05) is 18.2 Å². The third kappa shape index (κ3) is 5.17. The maximum Gasteiger partial charge on any atom is 0.127 e. The Labute approximate surface area is 144 Å². The van der Waals surface area contributed by atoms with E-state index >= 15 is 0 Å². The van der Waals surface area contributed by atoms with Crippen LogP contribution in [0.15, 0.2) is 42.5 Å². The Morgan fingerprint density at radius 2 is 1.58 bits per heavy atom. The SMILES string of the molecule is CNCc1ccc(OC)cc1OCCOc1ccc(C(C)C)cc1. The second-order valence-corrected chi connectivity index (χ2v) is 5.92. The van der Waals surface area contributed by atoms with Gasteiger partial charge in [0.1, 0.15) is 30.5 Å². The number of hydrogen-bond donors (Lipinski definition) is 1. The number of hydrogen-bond acceptors (Lipinski definition) is 4. The number of ether oxygens (including phenoxy) is 3. The molecule has 0 aliphatic rings. The van der Waals surface area contributed by atoms with Gasteiger partial charge in [0.2, 0.25) is 0 Å². The van der Waals surface area contributed by atoms with Crippen LogP contribution in [-0.2, 0) is 6.54 Å². The van der Waals surface area contributed by atoms with E-state index in [9.17, 15) is 0 Å². The maximum absolute atomic E-state index is 5.87. The summed E-state index contributed by atoms with van der Waals surface area (Å²) in [6, 6.07) is 14.1. The van der Waals surface area contributed by atoms with Crippen LogP contribution in [0.2, 0.25) is 0 Å². The molecule has 1 N–H and O–H groups in total. The Morgan fingerprint density at radius 3 is 2.21 bits per heavy atom. The summed E-state index contributed by atoms with van der Waals surface area (Å²) in [6.45, 7) is 6.09. The molecular weight excluding hydrogens is 302 g/mol. The zero-order valence-electron chi connectivity index (χ0n) is 15.0. The summed E-state index contributed by atoms with van der Waals surface area (Å²) in [7, 11) is 3.57. The first-order valence-corrected chi connectivity index (χ1v) is 8.31. The minimum Gasteiger partial charge on any atom is -0.497 e. The van der Waals surface area contributed by atoms with Crippen LogP contribution in [0.3, 0.4) is 0 Å². The van der Waals surface area contributed by atoms with Crippen molar-refractivity contribution in [2.45, 2.75) is 26.3 Å². The van der Waals surface area contributed by atoms with Gasteiger partial charge in [-0.05, 0) is 36.7 Å². The van der Waals surface area contributed by atoms with Crippen molar-refractivity contribution in [1.82, 2.24) is 5.32 Å². The van der Waals surface area contributed by atoms with Gasteiger partial charge >= 0.3 is 0 Å². The maximum atomic E-state index is 5.87. The van der Waals surface area contributed by atoms with Gasteiger partial charge in [-0.25, -0.2) is 0 Å². The van der Waals surface area contributed by atoms with Crippen LogP contribution in [-0.4, -0.2) is 27.4 Å². The highest BCUT2D eigenvalue weighted by molar-refractivity contribution is 5.40. The van der Waals surface area contributed by atoms with E-state index in [-0.39, 0.29) is 0 Å². The van der Waals surface area contributed by atoms with E-state index in [1.165, 1.54) is 5.56 Å². The molecule has 0 saturated heterocycles. The summed E-state index contributed by atoms with van der Waals surface area (Å²) in [4.78, 5) is 0. The average molecular weight is 329 g/mol. The van der Waals surface area contributed by atoms with Crippen molar-refractivity contribution in [3.05, 3.63) is 53.6 Å². The molecule has 0 heterocycles. The molecular formula is C20H27NO3. The molecule has 24 heavy (non-hydrogen) atoms. The fraction of sp³-hybridized carbons (Fsp3) is 0.400. The topological polar surface area (TPSA) is 39.7 Å². The molecule has 2 aromatic rings. The van der Waals surface area contributed by atoms with Gasteiger partial charge in [-0.1, -0.05) is 32.0 Å². The highest BCUT2D eigenvalue weighted by Crippen LogP contribution is 2.25. The summed E-state index contributed by atoms with van der Waals surface area (Å²) in [5.74, 6) is 3.00. The van der Waals surface area contributed by atoms with Crippen molar-refractivity contribution in [3.8, 4) is 17.2 Å². The van der Waals surface area contributed by atoms with Gasteiger partial charge in [0.25, 0.3) is 0 Å². The van der Waals surface area contributed by atoms with Crippen LogP contribution < -0.4 is 19.5 Å². The van der Waals surface area contributed by atoms with Gasteiger partial charge in [-0.15, -0.1) is 0 Å². The predicted molar refractivity (Wildman–Crippen MR) is 97.3 cm³/mol. The Morgan fingerprint density at radius 1 is 0.917 bits per heavy atom.